The topological polar surface area (TPSA) is 61.8 Å². The molecule has 0 radical (unpaired) electrons. The zero-order valence-corrected chi connectivity index (χ0v) is 9.24. The molecule has 1 aliphatic rings. The van der Waals surface area contributed by atoms with E-state index >= 15 is 0 Å². The average molecular weight is 216 g/mol. The van der Waals surface area contributed by atoms with Crippen molar-refractivity contribution < 1.29 is 14.6 Å². The Morgan fingerprint density at radius 3 is 3.13 bits per heavy atom. The first-order chi connectivity index (χ1) is 7.27. The highest BCUT2D eigenvalue weighted by molar-refractivity contribution is 5.76. The van der Waals surface area contributed by atoms with Crippen LogP contribution in [0.3, 0.4) is 0 Å². The Labute approximate surface area is 90.4 Å². The number of amides is 1. The molecule has 0 aromatic rings. The van der Waals surface area contributed by atoms with Crippen LogP contribution in [-0.4, -0.2) is 61.4 Å². The molecule has 1 unspecified atom stereocenters. The number of nitrogens with one attached hydrogen (secondary N) is 1. The van der Waals surface area contributed by atoms with Gasteiger partial charge in [-0.2, -0.15) is 0 Å². The number of hydrogen-bond donors (Lipinski definition) is 2. The predicted molar refractivity (Wildman–Crippen MR) is 56.6 cm³/mol. The third-order valence-corrected chi connectivity index (χ3v) is 2.46. The second-order valence-corrected chi connectivity index (χ2v) is 3.62. The lowest BCUT2D eigenvalue weighted by atomic mass is 10.2. The van der Waals surface area contributed by atoms with Gasteiger partial charge in [-0.15, -0.1) is 0 Å². The van der Waals surface area contributed by atoms with Gasteiger partial charge in [0, 0.05) is 26.1 Å². The maximum absolute atomic E-state index is 11.7. The summed E-state index contributed by atoms with van der Waals surface area (Å²) >= 11 is 0. The number of hydrogen-bond acceptors (Lipinski definition) is 4. The molecule has 1 saturated heterocycles. The lowest BCUT2D eigenvalue weighted by Crippen LogP contribution is -2.47. The van der Waals surface area contributed by atoms with Crippen molar-refractivity contribution in [2.75, 3.05) is 39.4 Å². The molecule has 1 fully saturated rings. The van der Waals surface area contributed by atoms with Crippen LogP contribution < -0.4 is 5.32 Å². The van der Waals surface area contributed by atoms with Gasteiger partial charge < -0.3 is 20.1 Å². The van der Waals surface area contributed by atoms with Crippen molar-refractivity contribution in [2.45, 2.75) is 19.4 Å². The number of carbonyl (C=O) groups excluding carboxylic acids is 1. The van der Waals surface area contributed by atoms with E-state index < -0.39 is 0 Å². The second kappa shape index (κ2) is 6.76. The van der Waals surface area contributed by atoms with Crippen LogP contribution >= 0.6 is 0 Å². The van der Waals surface area contributed by atoms with E-state index in [0.717, 1.165) is 13.1 Å². The summed E-state index contributed by atoms with van der Waals surface area (Å²) in [5.41, 5.74) is 0. The number of morpholine rings is 1. The van der Waals surface area contributed by atoms with E-state index in [1.807, 2.05) is 6.92 Å². The van der Waals surface area contributed by atoms with Crippen LogP contribution in [0.4, 0.5) is 0 Å². The van der Waals surface area contributed by atoms with Crippen molar-refractivity contribution in [3.63, 3.8) is 0 Å². The SMILES string of the molecule is CCNCCC(=O)N1CCOC(CO)C1. The van der Waals surface area contributed by atoms with Crippen LogP contribution in [0.2, 0.25) is 0 Å². The van der Waals surface area contributed by atoms with E-state index in [1.54, 1.807) is 4.90 Å². The predicted octanol–water partition coefficient (Wildman–Crippen LogP) is -0.794. The number of aliphatic hydroxyl groups is 1. The lowest BCUT2D eigenvalue weighted by Gasteiger charge is -2.32. The lowest BCUT2D eigenvalue weighted by molar-refractivity contribution is -0.140. The van der Waals surface area contributed by atoms with Crippen LogP contribution in [0.1, 0.15) is 13.3 Å². The Kier molecular flexibility index (Phi) is 5.60. The first kappa shape index (κ1) is 12.4. The van der Waals surface area contributed by atoms with E-state index in [0.29, 0.717) is 26.1 Å². The molecule has 1 heterocycles. The van der Waals surface area contributed by atoms with Gasteiger partial charge in [0.25, 0.3) is 0 Å². The van der Waals surface area contributed by atoms with Gasteiger partial charge in [-0.1, -0.05) is 6.92 Å². The highest BCUT2D eigenvalue weighted by Gasteiger charge is 2.22. The van der Waals surface area contributed by atoms with Gasteiger partial charge >= 0.3 is 0 Å². The fourth-order valence-corrected chi connectivity index (χ4v) is 1.59. The minimum atomic E-state index is -0.207. The first-order valence-electron chi connectivity index (χ1n) is 5.49. The van der Waals surface area contributed by atoms with E-state index in [1.165, 1.54) is 0 Å². The van der Waals surface area contributed by atoms with Crippen molar-refractivity contribution in [3.8, 4) is 0 Å². The molecule has 5 heteroatoms. The monoisotopic (exact) mass is 216 g/mol. The normalized spacial score (nSPS) is 21.7. The fourth-order valence-electron chi connectivity index (χ4n) is 1.59. The molecule has 5 nitrogen and oxygen atoms in total. The molecule has 0 bridgehead atoms. The van der Waals surface area contributed by atoms with Gasteiger partial charge in [-0.25, -0.2) is 0 Å². The summed E-state index contributed by atoms with van der Waals surface area (Å²) < 4.78 is 5.27. The Morgan fingerprint density at radius 2 is 2.47 bits per heavy atom. The summed E-state index contributed by atoms with van der Waals surface area (Å²) in [7, 11) is 0. The van der Waals surface area contributed by atoms with Gasteiger partial charge in [-0.3, -0.25) is 4.79 Å². The van der Waals surface area contributed by atoms with Crippen LogP contribution in [0.15, 0.2) is 0 Å². The Balaban J connectivity index is 2.25. The zero-order valence-electron chi connectivity index (χ0n) is 9.24. The summed E-state index contributed by atoms with van der Waals surface area (Å²) in [6, 6.07) is 0. The number of carbonyl (C=O) groups is 1. The smallest absolute Gasteiger partial charge is 0.224 e. The van der Waals surface area contributed by atoms with Crippen molar-refractivity contribution in [3.05, 3.63) is 0 Å². The third-order valence-electron chi connectivity index (χ3n) is 2.46. The summed E-state index contributed by atoms with van der Waals surface area (Å²) in [5, 5.41) is 12.0. The van der Waals surface area contributed by atoms with E-state index in [4.69, 9.17) is 9.84 Å². The highest BCUT2D eigenvalue weighted by Crippen LogP contribution is 2.05. The molecule has 1 aliphatic heterocycles. The molecule has 15 heavy (non-hydrogen) atoms. The standard InChI is InChI=1S/C10H20N2O3/c1-2-11-4-3-10(14)12-5-6-15-9(7-12)8-13/h9,11,13H,2-8H2,1H3. The van der Waals surface area contributed by atoms with E-state index in [2.05, 4.69) is 5.32 Å². The average Bonchev–Trinajstić information content (AvgIpc) is 2.29. The van der Waals surface area contributed by atoms with Crippen LogP contribution in [0.25, 0.3) is 0 Å². The molecular weight excluding hydrogens is 196 g/mol. The van der Waals surface area contributed by atoms with Gasteiger partial charge in [0.15, 0.2) is 0 Å². The fraction of sp³-hybridized carbons (Fsp3) is 0.900. The summed E-state index contributed by atoms with van der Waals surface area (Å²) in [6.45, 7) is 5.28. The third kappa shape index (κ3) is 4.15. The van der Waals surface area contributed by atoms with Crippen molar-refractivity contribution in [1.82, 2.24) is 10.2 Å². The summed E-state index contributed by atoms with van der Waals surface area (Å²) in [5.74, 6) is 0.137. The van der Waals surface area contributed by atoms with Crippen LogP contribution in [0.5, 0.6) is 0 Å². The quantitative estimate of drug-likeness (QED) is 0.591. The maximum Gasteiger partial charge on any atom is 0.224 e. The number of rotatable bonds is 5. The van der Waals surface area contributed by atoms with Crippen LogP contribution in [-0.2, 0) is 9.53 Å². The minimum Gasteiger partial charge on any atom is -0.394 e. The molecule has 1 rings (SSSR count). The van der Waals surface area contributed by atoms with Gasteiger partial charge in [0.1, 0.15) is 0 Å². The Hall–Kier alpha value is -0.650. The molecule has 0 aromatic heterocycles. The first-order valence-corrected chi connectivity index (χ1v) is 5.49. The largest absolute Gasteiger partial charge is 0.394 e. The van der Waals surface area contributed by atoms with Gasteiger partial charge in [0.05, 0.1) is 19.3 Å². The summed E-state index contributed by atoms with van der Waals surface area (Å²) in [4.78, 5) is 13.4. The van der Waals surface area contributed by atoms with Crippen molar-refractivity contribution >= 4 is 5.91 Å². The number of aliphatic hydroxyl groups excluding tert-OH is 1. The summed E-state index contributed by atoms with van der Waals surface area (Å²) in [6.07, 6.45) is 0.313. The molecule has 1 atom stereocenters. The Morgan fingerprint density at radius 1 is 1.67 bits per heavy atom. The van der Waals surface area contributed by atoms with Crippen molar-refractivity contribution in [1.29, 1.82) is 0 Å². The molecular formula is C10H20N2O3. The van der Waals surface area contributed by atoms with Gasteiger partial charge in [-0.05, 0) is 6.54 Å². The minimum absolute atomic E-state index is 0.0169. The molecule has 2 N–H and O–H groups in total. The molecule has 0 aliphatic carbocycles. The van der Waals surface area contributed by atoms with E-state index in [-0.39, 0.29) is 18.6 Å². The Bertz CT molecular complexity index is 199. The zero-order chi connectivity index (χ0) is 11.1. The number of ether oxygens (including phenoxy) is 1. The molecule has 0 saturated carbocycles. The number of nitrogens with zero attached hydrogens (tertiary/aromatic N) is 1. The highest BCUT2D eigenvalue weighted by atomic mass is 16.5. The molecule has 88 valence electrons. The molecule has 0 aromatic carbocycles. The molecule has 0 spiro atoms. The molecule has 1 amide bonds. The van der Waals surface area contributed by atoms with Crippen molar-refractivity contribution in [2.24, 2.45) is 0 Å². The van der Waals surface area contributed by atoms with Crippen LogP contribution in [0, 0.1) is 0 Å². The maximum atomic E-state index is 11.7. The van der Waals surface area contributed by atoms with Gasteiger partial charge in [0.2, 0.25) is 5.91 Å². The second-order valence-electron chi connectivity index (χ2n) is 3.62. The van der Waals surface area contributed by atoms with E-state index in [9.17, 15) is 4.79 Å².